The van der Waals surface area contributed by atoms with Crippen LogP contribution in [0.5, 0.6) is 0 Å². The highest BCUT2D eigenvalue weighted by atomic mass is 32.1. The second kappa shape index (κ2) is 3.16. The summed E-state index contributed by atoms with van der Waals surface area (Å²) in [6, 6.07) is 0.504. The van der Waals surface area contributed by atoms with Crippen molar-refractivity contribution < 1.29 is 9.90 Å². The molecule has 0 amide bonds. The van der Waals surface area contributed by atoms with Gasteiger partial charge >= 0.3 is 5.97 Å². The molecule has 15 heavy (non-hydrogen) atoms. The number of carbonyl (C=O) groups is 1. The Morgan fingerprint density at radius 1 is 1.60 bits per heavy atom. The van der Waals surface area contributed by atoms with E-state index >= 15 is 0 Å². The Morgan fingerprint density at radius 3 is 3.07 bits per heavy atom. The smallest absolute Gasteiger partial charge is 0.308 e. The van der Waals surface area contributed by atoms with Crippen LogP contribution in [0.4, 0.5) is 5.13 Å². The molecule has 0 aromatic carbocycles. The van der Waals surface area contributed by atoms with Crippen molar-refractivity contribution in [2.75, 3.05) is 4.90 Å². The summed E-state index contributed by atoms with van der Waals surface area (Å²) in [6.45, 7) is 0. The van der Waals surface area contributed by atoms with E-state index in [0.717, 1.165) is 24.4 Å². The molecule has 3 heterocycles. The maximum absolute atomic E-state index is 11.0. The molecule has 5 nitrogen and oxygen atoms in total. The van der Waals surface area contributed by atoms with Crippen LogP contribution >= 0.6 is 11.5 Å². The Kier molecular flexibility index (Phi) is 1.92. The number of hydrogen-bond acceptors (Lipinski definition) is 5. The number of aliphatic carboxylic acids is 1. The number of rotatable bonds is 2. The molecule has 2 aliphatic heterocycles. The molecule has 2 aliphatic rings. The second-order valence-electron chi connectivity index (χ2n) is 4.11. The molecule has 0 radical (unpaired) electrons. The quantitative estimate of drug-likeness (QED) is 0.812. The van der Waals surface area contributed by atoms with E-state index in [9.17, 15) is 4.79 Å². The van der Waals surface area contributed by atoms with Gasteiger partial charge in [-0.2, -0.15) is 4.37 Å². The minimum Gasteiger partial charge on any atom is -0.481 e. The summed E-state index contributed by atoms with van der Waals surface area (Å²) in [5, 5.41) is 9.97. The van der Waals surface area contributed by atoms with E-state index < -0.39 is 5.97 Å². The van der Waals surface area contributed by atoms with Gasteiger partial charge in [0.15, 0.2) is 0 Å². The summed E-state index contributed by atoms with van der Waals surface area (Å²) in [7, 11) is 0. The summed E-state index contributed by atoms with van der Waals surface area (Å²) < 4.78 is 3.97. The molecule has 6 heteroatoms. The minimum absolute atomic E-state index is 0.139. The Morgan fingerprint density at radius 2 is 2.47 bits per heavy atom. The van der Waals surface area contributed by atoms with Crippen molar-refractivity contribution in [2.45, 2.75) is 31.3 Å². The van der Waals surface area contributed by atoms with Gasteiger partial charge in [0.1, 0.15) is 6.33 Å². The Hall–Kier alpha value is -1.17. The van der Waals surface area contributed by atoms with Gasteiger partial charge < -0.3 is 10.0 Å². The fourth-order valence-electron chi connectivity index (χ4n) is 2.83. The van der Waals surface area contributed by atoms with Crippen molar-refractivity contribution in [3.8, 4) is 0 Å². The molecule has 0 spiro atoms. The number of aromatic nitrogens is 2. The molecule has 2 fully saturated rings. The van der Waals surface area contributed by atoms with Crippen LogP contribution in [0.25, 0.3) is 0 Å². The van der Waals surface area contributed by atoms with Crippen molar-refractivity contribution >= 4 is 22.6 Å². The summed E-state index contributed by atoms with van der Waals surface area (Å²) >= 11 is 1.35. The molecule has 3 rings (SSSR count). The van der Waals surface area contributed by atoms with Gasteiger partial charge in [-0.25, -0.2) is 4.98 Å². The van der Waals surface area contributed by atoms with E-state index in [1.165, 1.54) is 17.9 Å². The number of carboxylic acids is 1. The largest absolute Gasteiger partial charge is 0.481 e. The van der Waals surface area contributed by atoms with E-state index in [1.807, 2.05) is 0 Å². The maximum atomic E-state index is 11.0. The molecule has 1 aromatic heterocycles. The van der Waals surface area contributed by atoms with Crippen molar-refractivity contribution in [2.24, 2.45) is 5.92 Å². The zero-order valence-corrected chi connectivity index (χ0v) is 8.85. The van der Waals surface area contributed by atoms with E-state index in [1.54, 1.807) is 0 Å². The lowest BCUT2D eigenvalue weighted by atomic mass is 9.89. The van der Waals surface area contributed by atoms with Gasteiger partial charge in [-0.3, -0.25) is 4.79 Å². The Balaban J connectivity index is 1.91. The van der Waals surface area contributed by atoms with Gasteiger partial charge in [-0.15, -0.1) is 0 Å². The van der Waals surface area contributed by atoms with Crippen LogP contribution < -0.4 is 4.90 Å². The molecular formula is C9H11N3O2S. The van der Waals surface area contributed by atoms with Crippen LogP contribution in [0, 0.1) is 5.92 Å². The highest BCUT2D eigenvalue weighted by Gasteiger charge is 2.50. The number of anilines is 1. The van der Waals surface area contributed by atoms with Crippen molar-refractivity contribution in [3.05, 3.63) is 6.33 Å². The number of carboxylic acid groups (broad SMARTS) is 1. The first-order valence-corrected chi connectivity index (χ1v) is 5.82. The van der Waals surface area contributed by atoms with Crippen molar-refractivity contribution in [1.82, 2.24) is 9.36 Å². The molecule has 1 N–H and O–H groups in total. The summed E-state index contributed by atoms with van der Waals surface area (Å²) in [4.78, 5) is 17.4. The molecule has 0 saturated carbocycles. The number of fused-ring (bicyclic) bond motifs is 2. The lowest BCUT2D eigenvalue weighted by Crippen LogP contribution is -2.32. The topological polar surface area (TPSA) is 66.3 Å². The predicted octanol–water partition coefficient (Wildman–Crippen LogP) is 0.980. The monoisotopic (exact) mass is 225 g/mol. The second-order valence-corrected chi connectivity index (χ2v) is 4.87. The van der Waals surface area contributed by atoms with Crippen molar-refractivity contribution in [3.63, 3.8) is 0 Å². The zero-order chi connectivity index (χ0) is 10.4. The van der Waals surface area contributed by atoms with E-state index in [0.29, 0.717) is 6.04 Å². The van der Waals surface area contributed by atoms with Gasteiger partial charge in [0, 0.05) is 23.6 Å². The first kappa shape index (κ1) is 9.08. The van der Waals surface area contributed by atoms with Gasteiger partial charge in [0.05, 0.1) is 5.92 Å². The van der Waals surface area contributed by atoms with Crippen LogP contribution in [0.3, 0.4) is 0 Å². The third-order valence-electron chi connectivity index (χ3n) is 3.42. The molecule has 1 aromatic rings. The first-order valence-electron chi connectivity index (χ1n) is 5.05. The number of hydrogen-bond donors (Lipinski definition) is 1. The molecule has 2 bridgehead atoms. The first-order chi connectivity index (χ1) is 7.27. The van der Waals surface area contributed by atoms with Crippen molar-refractivity contribution in [1.29, 1.82) is 0 Å². The van der Waals surface area contributed by atoms with E-state index in [-0.39, 0.29) is 12.0 Å². The average molecular weight is 225 g/mol. The van der Waals surface area contributed by atoms with Gasteiger partial charge in [0.25, 0.3) is 0 Å². The minimum atomic E-state index is -0.670. The predicted molar refractivity (Wildman–Crippen MR) is 54.9 cm³/mol. The summed E-state index contributed by atoms with van der Waals surface area (Å²) in [5.74, 6) is -0.885. The molecular weight excluding hydrogens is 214 g/mol. The summed E-state index contributed by atoms with van der Waals surface area (Å²) in [5.41, 5.74) is 0. The van der Waals surface area contributed by atoms with Gasteiger partial charge in [-0.05, 0) is 19.3 Å². The Bertz CT molecular complexity index is 381. The fourth-order valence-corrected chi connectivity index (χ4v) is 3.49. The van der Waals surface area contributed by atoms with Gasteiger partial charge in [0.2, 0.25) is 5.13 Å². The third-order valence-corrected chi connectivity index (χ3v) is 4.10. The molecule has 0 aliphatic carbocycles. The average Bonchev–Trinajstić information content (AvgIpc) is 2.90. The van der Waals surface area contributed by atoms with Crippen LogP contribution in [-0.4, -0.2) is 32.5 Å². The highest BCUT2D eigenvalue weighted by Crippen LogP contribution is 2.44. The normalized spacial score (nSPS) is 33.6. The highest BCUT2D eigenvalue weighted by molar-refractivity contribution is 7.09. The van der Waals surface area contributed by atoms with E-state index in [4.69, 9.17) is 5.11 Å². The molecule has 2 saturated heterocycles. The number of nitrogens with zero attached hydrogens (tertiary/aromatic N) is 3. The standard InChI is InChI=1S/C9H11N3O2S/c13-8(14)6-3-5-1-2-7(6)12(5)9-10-4-11-15-9/h4-7H,1-3H2,(H,13,14). The SMILES string of the molecule is O=C(O)C1CC2CCC1N2c1ncns1. The van der Waals surface area contributed by atoms with Crippen LogP contribution in [0.2, 0.25) is 0 Å². The van der Waals surface area contributed by atoms with Gasteiger partial charge in [-0.1, -0.05) is 0 Å². The third kappa shape index (κ3) is 1.24. The van der Waals surface area contributed by atoms with Crippen LogP contribution in [-0.2, 0) is 4.79 Å². The zero-order valence-electron chi connectivity index (χ0n) is 8.04. The molecule has 3 unspecified atom stereocenters. The fraction of sp³-hybridized carbons (Fsp3) is 0.667. The maximum Gasteiger partial charge on any atom is 0.308 e. The summed E-state index contributed by atoms with van der Waals surface area (Å²) in [6.07, 6.45) is 4.36. The lowest BCUT2D eigenvalue weighted by molar-refractivity contribution is -0.142. The Labute approximate surface area is 90.9 Å². The van der Waals surface area contributed by atoms with Crippen LogP contribution in [0.15, 0.2) is 6.33 Å². The molecule has 80 valence electrons. The lowest BCUT2D eigenvalue weighted by Gasteiger charge is -2.21. The van der Waals surface area contributed by atoms with Crippen LogP contribution in [0.1, 0.15) is 19.3 Å². The van der Waals surface area contributed by atoms with E-state index in [2.05, 4.69) is 14.3 Å². The molecule has 3 atom stereocenters.